The fraction of sp³-hybridized carbons (Fsp3) is 0.267. The van der Waals surface area contributed by atoms with Crippen LogP contribution < -0.4 is 10.6 Å². The minimum Gasteiger partial charge on any atom is -0.451 e. The van der Waals surface area contributed by atoms with Crippen LogP contribution in [0.1, 0.15) is 23.5 Å². The Labute approximate surface area is 141 Å². The number of halogens is 1. The molecule has 122 valence electrons. The minimum atomic E-state index is -0.714. The zero-order valence-corrected chi connectivity index (χ0v) is 14.1. The lowest BCUT2D eigenvalue weighted by Gasteiger charge is -2.09. The predicted octanol–water partition coefficient (Wildman–Crippen LogP) is 2.95. The third kappa shape index (κ3) is 4.43. The average Bonchev–Trinajstić information content (AvgIpc) is 2.81. The van der Waals surface area contributed by atoms with E-state index in [9.17, 15) is 14.4 Å². The highest BCUT2D eigenvalue weighted by atomic mass is 35.5. The molecule has 0 aliphatic carbocycles. The summed E-state index contributed by atoms with van der Waals surface area (Å²) in [5.41, 5.74) is 0. The second kappa shape index (κ2) is 7.43. The van der Waals surface area contributed by atoms with Crippen LogP contribution in [0.3, 0.4) is 0 Å². The number of amides is 3. The molecule has 1 heterocycles. The molecule has 0 aliphatic heterocycles. The van der Waals surface area contributed by atoms with E-state index in [-0.39, 0.29) is 10.9 Å². The molecule has 8 heteroatoms. The predicted molar refractivity (Wildman–Crippen MR) is 88.9 cm³/mol. The molecule has 0 unspecified atom stereocenters. The summed E-state index contributed by atoms with van der Waals surface area (Å²) in [4.78, 5) is 35.2. The maximum Gasteiger partial charge on any atom is 0.350 e. The van der Waals surface area contributed by atoms with Crippen molar-refractivity contribution in [1.82, 2.24) is 10.6 Å². The number of hydrogen-bond acceptors (Lipinski definition) is 5. The summed E-state index contributed by atoms with van der Waals surface area (Å²) in [6.07, 6.45) is 0. The molecule has 0 bridgehead atoms. The first kappa shape index (κ1) is 17.2. The van der Waals surface area contributed by atoms with Crippen LogP contribution >= 0.6 is 22.9 Å². The smallest absolute Gasteiger partial charge is 0.350 e. The van der Waals surface area contributed by atoms with Crippen molar-refractivity contribution in [2.24, 2.45) is 0 Å². The van der Waals surface area contributed by atoms with E-state index >= 15 is 0 Å². The van der Waals surface area contributed by atoms with E-state index in [0.29, 0.717) is 5.02 Å². The molecule has 2 N–H and O–H groups in total. The molecule has 2 aromatic rings. The molecule has 0 spiro atoms. The first-order valence-corrected chi connectivity index (χ1v) is 8.02. The van der Waals surface area contributed by atoms with Gasteiger partial charge >= 0.3 is 12.0 Å². The highest BCUT2D eigenvalue weighted by Gasteiger charge is 2.19. The molecule has 0 saturated heterocycles. The van der Waals surface area contributed by atoms with E-state index in [2.05, 4.69) is 10.6 Å². The van der Waals surface area contributed by atoms with E-state index in [1.54, 1.807) is 19.9 Å². The van der Waals surface area contributed by atoms with Crippen molar-refractivity contribution in [3.63, 3.8) is 0 Å². The van der Waals surface area contributed by atoms with Crippen LogP contribution in [0, 0.1) is 0 Å². The highest BCUT2D eigenvalue weighted by molar-refractivity contribution is 7.21. The van der Waals surface area contributed by atoms with Crippen molar-refractivity contribution in [3.8, 4) is 0 Å². The molecule has 2 rings (SSSR count). The lowest BCUT2D eigenvalue weighted by molar-refractivity contribution is -0.123. The SMILES string of the molecule is CC(C)NC(=O)NC(=O)COC(=O)c1sc2ccccc2c1Cl. The van der Waals surface area contributed by atoms with E-state index in [4.69, 9.17) is 16.3 Å². The summed E-state index contributed by atoms with van der Waals surface area (Å²) in [5, 5.41) is 5.61. The van der Waals surface area contributed by atoms with Crippen molar-refractivity contribution >= 4 is 50.9 Å². The lowest BCUT2D eigenvalue weighted by atomic mass is 10.2. The summed E-state index contributed by atoms with van der Waals surface area (Å²) in [7, 11) is 0. The van der Waals surface area contributed by atoms with Crippen LogP contribution in [-0.2, 0) is 9.53 Å². The van der Waals surface area contributed by atoms with E-state index in [1.165, 1.54) is 11.3 Å². The van der Waals surface area contributed by atoms with Gasteiger partial charge in [-0.15, -0.1) is 11.3 Å². The molecule has 6 nitrogen and oxygen atoms in total. The van der Waals surface area contributed by atoms with Gasteiger partial charge in [-0.3, -0.25) is 10.1 Å². The van der Waals surface area contributed by atoms with Gasteiger partial charge in [0.1, 0.15) is 4.88 Å². The fourth-order valence-electron chi connectivity index (χ4n) is 1.80. The van der Waals surface area contributed by atoms with Crippen LogP contribution in [0.2, 0.25) is 5.02 Å². The Morgan fingerprint density at radius 2 is 1.96 bits per heavy atom. The maximum absolute atomic E-state index is 12.0. The van der Waals surface area contributed by atoms with Crippen molar-refractivity contribution in [3.05, 3.63) is 34.2 Å². The largest absolute Gasteiger partial charge is 0.451 e. The summed E-state index contributed by atoms with van der Waals surface area (Å²) >= 11 is 7.34. The molecule has 0 atom stereocenters. The van der Waals surface area contributed by atoms with E-state index in [0.717, 1.165) is 10.1 Å². The first-order chi connectivity index (χ1) is 10.9. The van der Waals surface area contributed by atoms with Gasteiger partial charge in [0.2, 0.25) is 0 Å². The van der Waals surface area contributed by atoms with Crippen molar-refractivity contribution in [2.75, 3.05) is 6.61 Å². The van der Waals surface area contributed by atoms with Crippen LogP contribution in [0.25, 0.3) is 10.1 Å². The molecule has 1 aromatic heterocycles. The molecule has 1 aromatic carbocycles. The van der Waals surface area contributed by atoms with Gasteiger partial charge < -0.3 is 10.1 Å². The number of thiophene rings is 1. The van der Waals surface area contributed by atoms with Gasteiger partial charge in [0.15, 0.2) is 6.61 Å². The van der Waals surface area contributed by atoms with Crippen LogP contribution in [0.4, 0.5) is 4.79 Å². The Kier molecular flexibility index (Phi) is 5.57. The summed E-state index contributed by atoms with van der Waals surface area (Å²) in [6.45, 7) is 2.95. The molecular weight excluding hydrogens is 340 g/mol. The number of imide groups is 1. The number of esters is 1. The second-order valence-corrected chi connectivity index (χ2v) is 6.42. The minimum absolute atomic E-state index is 0.109. The van der Waals surface area contributed by atoms with Gasteiger partial charge in [0.05, 0.1) is 5.02 Å². The Hall–Kier alpha value is -2.12. The highest BCUT2D eigenvalue weighted by Crippen LogP contribution is 2.35. The maximum atomic E-state index is 12.0. The molecule has 0 aliphatic rings. The van der Waals surface area contributed by atoms with Gasteiger partial charge in [0.25, 0.3) is 5.91 Å². The topological polar surface area (TPSA) is 84.5 Å². The van der Waals surface area contributed by atoms with Gasteiger partial charge in [0, 0.05) is 16.1 Å². The Morgan fingerprint density at radius 3 is 2.61 bits per heavy atom. The number of ether oxygens (including phenoxy) is 1. The van der Waals surface area contributed by atoms with E-state index in [1.807, 2.05) is 18.2 Å². The number of hydrogen-bond donors (Lipinski definition) is 2. The van der Waals surface area contributed by atoms with Gasteiger partial charge in [-0.1, -0.05) is 29.8 Å². The van der Waals surface area contributed by atoms with Crippen molar-refractivity contribution < 1.29 is 19.1 Å². The Balaban J connectivity index is 1.95. The van der Waals surface area contributed by atoms with Gasteiger partial charge in [-0.25, -0.2) is 9.59 Å². The number of urea groups is 1. The zero-order chi connectivity index (χ0) is 17.0. The number of nitrogens with one attached hydrogen (secondary N) is 2. The molecule has 3 amide bonds. The van der Waals surface area contributed by atoms with Gasteiger partial charge in [-0.2, -0.15) is 0 Å². The third-order valence-electron chi connectivity index (χ3n) is 2.73. The number of carbonyl (C=O) groups is 3. The van der Waals surface area contributed by atoms with Gasteiger partial charge in [-0.05, 0) is 19.9 Å². The average molecular weight is 355 g/mol. The first-order valence-electron chi connectivity index (χ1n) is 6.83. The summed E-state index contributed by atoms with van der Waals surface area (Å²) in [5.74, 6) is -1.41. The lowest BCUT2D eigenvalue weighted by Crippen LogP contribution is -2.44. The number of benzene rings is 1. The standard InChI is InChI=1S/C15H15ClN2O4S/c1-8(2)17-15(21)18-11(19)7-22-14(20)13-12(16)9-5-3-4-6-10(9)23-13/h3-6,8H,7H2,1-2H3,(H2,17,18,19,21). The molecule has 23 heavy (non-hydrogen) atoms. The van der Waals surface area contributed by atoms with Crippen LogP contribution in [0.15, 0.2) is 24.3 Å². The van der Waals surface area contributed by atoms with Crippen LogP contribution in [-0.4, -0.2) is 30.6 Å². The molecule has 0 fully saturated rings. The summed E-state index contributed by atoms with van der Waals surface area (Å²) in [6, 6.07) is 6.55. The van der Waals surface area contributed by atoms with E-state index < -0.39 is 24.5 Å². The monoisotopic (exact) mass is 354 g/mol. The van der Waals surface area contributed by atoms with Crippen molar-refractivity contribution in [2.45, 2.75) is 19.9 Å². The normalized spacial score (nSPS) is 10.6. The number of rotatable bonds is 4. The number of fused-ring (bicyclic) bond motifs is 1. The number of carbonyl (C=O) groups excluding carboxylic acids is 3. The van der Waals surface area contributed by atoms with Crippen molar-refractivity contribution in [1.29, 1.82) is 0 Å². The third-order valence-corrected chi connectivity index (χ3v) is 4.38. The zero-order valence-electron chi connectivity index (χ0n) is 12.5. The second-order valence-electron chi connectivity index (χ2n) is 4.99. The molecule has 0 radical (unpaired) electrons. The van der Waals surface area contributed by atoms with Crippen LogP contribution in [0.5, 0.6) is 0 Å². The summed E-state index contributed by atoms with van der Waals surface area (Å²) < 4.78 is 5.75. The fourth-order valence-corrected chi connectivity index (χ4v) is 3.21. The molecular formula is C15H15ClN2O4S. The molecule has 0 saturated carbocycles. The Morgan fingerprint density at radius 1 is 1.26 bits per heavy atom. The Bertz CT molecular complexity index is 757. The quantitative estimate of drug-likeness (QED) is 0.827.